The van der Waals surface area contributed by atoms with Gasteiger partial charge in [-0.25, -0.2) is 13.4 Å². The Kier molecular flexibility index (Phi) is 5.26. The largest absolute Gasteiger partial charge is 0.325 e. The number of nitrogens with zero attached hydrogens (tertiary/aromatic N) is 1. The van der Waals surface area contributed by atoms with Gasteiger partial charge < -0.3 is 11.1 Å². The van der Waals surface area contributed by atoms with Crippen molar-refractivity contribution in [1.82, 2.24) is 4.98 Å². The van der Waals surface area contributed by atoms with E-state index < -0.39 is 21.5 Å². The van der Waals surface area contributed by atoms with E-state index in [2.05, 4.69) is 15.0 Å². The summed E-state index contributed by atoms with van der Waals surface area (Å²) in [6.45, 7) is 5.57. The maximum atomic E-state index is 12.3. The fourth-order valence-electron chi connectivity index (χ4n) is 1.80. The number of aromatic nitrogens is 1. The number of carbonyl (C=O) groups is 1. The van der Waals surface area contributed by atoms with Crippen molar-refractivity contribution in [3.8, 4) is 0 Å². The zero-order valence-electron chi connectivity index (χ0n) is 13.6. The van der Waals surface area contributed by atoms with Gasteiger partial charge in [-0.2, -0.15) is 0 Å². The fourth-order valence-corrected chi connectivity index (χ4v) is 3.64. The van der Waals surface area contributed by atoms with E-state index in [1.165, 1.54) is 29.7 Å². The summed E-state index contributed by atoms with van der Waals surface area (Å²) in [6, 6.07) is 5.26. The van der Waals surface area contributed by atoms with Crippen LogP contribution in [0.2, 0.25) is 0 Å². The highest BCUT2D eigenvalue weighted by atomic mass is 32.2. The Morgan fingerprint density at radius 1 is 1.33 bits per heavy atom. The molecule has 2 aromatic rings. The van der Waals surface area contributed by atoms with Gasteiger partial charge in [0, 0.05) is 17.3 Å². The monoisotopic (exact) mass is 368 g/mol. The molecular weight excluding hydrogens is 348 g/mol. The minimum absolute atomic E-state index is 0.0276. The summed E-state index contributed by atoms with van der Waals surface area (Å²) in [5.41, 5.74) is 5.87. The van der Waals surface area contributed by atoms with Gasteiger partial charge >= 0.3 is 0 Å². The van der Waals surface area contributed by atoms with Crippen molar-refractivity contribution >= 4 is 38.1 Å². The molecule has 4 N–H and O–H groups in total. The van der Waals surface area contributed by atoms with Crippen LogP contribution in [-0.2, 0) is 14.8 Å². The Bertz CT molecular complexity index is 811. The van der Waals surface area contributed by atoms with E-state index >= 15 is 0 Å². The van der Waals surface area contributed by atoms with E-state index in [0.29, 0.717) is 5.69 Å². The van der Waals surface area contributed by atoms with Crippen LogP contribution in [0.1, 0.15) is 20.8 Å². The van der Waals surface area contributed by atoms with Crippen LogP contribution in [0.3, 0.4) is 0 Å². The Morgan fingerprint density at radius 2 is 2.04 bits per heavy atom. The van der Waals surface area contributed by atoms with Gasteiger partial charge in [-0.05, 0) is 23.6 Å². The Balaban J connectivity index is 2.18. The van der Waals surface area contributed by atoms with Gasteiger partial charge in [0.15, 0.2) is 5.13 Å². The number of nitrogens with one attached hydrogen (secondary N) is 2. The first-order chi connectivity index (χ1) is 11.1. The maximum Gasteiger partial charge on any atom is 0.263 e. The lowest BCUT2D eigenvalue weighted by Gasteiger charge is -2.25. The molecule has 9 heteroatoms. The predicted molar refractivity (Wildman–Crippen MR) is 95.4 cm³/mol. The Morgan fingerprint density at radius 3 is 2.62 bits per heavy atom. The smallest absolute Gasteiger partial charge is 0.263 e. The summed E-state index contributed by atoms with van der Waals surface area (Å²) in [6.07, 6.45) is 1.51. The molecule has 24 heavy (non-hydrogen) atoms. The van der Waals surface area contributed by atoms with E-state index in [1.807, 2.05) is 20.8 Å². The lowest BCUT2D eigenvalue weighted by atomic mass is 9.87. The quantitative estimate of drug-likeness (QED) is 0.749. The van der Waals surface area contributed by atoms with Crippen LogP contribution in [0, 0.1) is 5.41 Å². The van der Waals surface area contributed by atoms with Crippen molar-refractivity contribution in [3.63, 3.8) is 0 Å². The van der Waals surface area contributed by atoms with Crippen LogP contribution in [-0.4, -0.2) is 25.4 Å². The standard InChI is InChI=1S/C15H20N4O3S2/c1-15(2,3)12(16)13(20)18-10-5-4-6-11(9-10)24(21,22)19-14-17-7-8-23-14/h4-9,12H,16H2,1-3H3,(H,17,19)(H,18,20)/t12-/m1/s1. The van der Waals surface area contributed by atoms with E-state index in [4.69, 9.17) is 5.73 Å². The van der Waals surface area contributed by atoms with Gasteiger partial charge in [0.05, 0.1) is 10.9 Å². The number of rotatable bonds is 5. The van der Waals surface area contributed by atoms with E-state index in [-0.39, 0.29) is 15.9 Å². The molecular formula is C15H20N4O3S2. The average molecular weight is 368 g/mol. The first kappa shape index (κ1) is 18.4. The third kappa shape index (κ3) is 4.53. The zero-order valence-corrected chi connectivity index (χ0v) is 15.2. The molecule has 0 saturated heterocycles. The minimum Gasteiger partial charge on any atom is -0.325 e. The highest BCUT2D eigenvalue weighted by molar-refractivity contribution is 7.93. The molecule has 0 bridgehead atoms. The molecule has 0 fully saturated rings. The molecule has 0 aliphatic carbocycles. The molecule has 1 heterocycles. The van der Waals surface area contributed by atoms with Crippen LogP contribution in [0.15, 0.2) is 40.7 Å². The molecule has 130 valence electrons. The first-order valence-corrected chi connectivity index (χ1v) is 9.55. The molecule has 0 saturated carbocycles. The van der Waals surface area contributed by atoms with Crippen LogP contribution >= 0.6 is 11.3 Å². The van der Waals surface area contributed by atoms with E-state index in [0.717, 1.165) is 0 Å². The lowest BCUT2D eigenvalue weighted by Crippen LogP contribution is -2.45. The van der Waals surface area contributed by atoms with Crippen molar-refractivity contribution < 1.29 is 13.2 Å². The third-order valence-electron chi connectivity index (χ3n) is 3.28. The summed E-state index contributed by atoms with van der Waals surface area (Å²) in [5.74, 6) is -0.370. The number of thiazole rings is 1. The van der Waals surface area contributed by atoms with Crippen molar-refractivity contribution in [1.29, 1.82) is 0 Å². The average Bonchev–Trinajstić information content (AvgIpc) is 2.98. The van der Waals surface area contributed by atoms with Crippen molar-refractivity contribution in [2.75, 3.05) is 10.0 Å². The number of carbonyl (C=O) groups excluding carboxylic acids is 1. The number of anilines is 2. The normalized spacial score (nSPS) is 13.3. The summed E-state index contributed by atoms with van der Waals surface area (Å²) in [4.78, 5) is 16.1. The number of amides is 1. The third-order valence-corrected chi connectivity index (χ3v) is 5.44. The summed E-state index contributed by atoms with van der Waals surface area (Å²) in [7, 11) is -3.77. The molecule has 0 unspecified atom stereocenters. The van der Waals surface area contributed by atoms with E-state index in [1.54, 1.807) is 17.5 Å². The molecule has 1 atom stereocenters. The topological polar surface area (TPSA) is 114 Å². The summed E-state index contributed by atoms with van der Waals surface area (Å²) < 4.78 is 27.1. The SMILES string of the molecule is CC(C)(C)[C@H](N)C(=O)Nc1cccc(S(=O)(=O)Nc2nccs2)c1. The molecule has 0 radical (unpaired) electrons. The number of sulfonamides is 1. The van der Waals surface area contributed by atoms with Crippen LogP contribution in [0.25, 0.3) is 0 Å². The van der Waals surface area contributed by atoms with Gasteiger partial charge in [-0.1, -0.05) is 26.8 Å². The highest BCUT2D eigenvalue weighted by Crippen LogP contribution is 2.22. The molecule has 2 rings (SSSR count). The Hall–Kier alpha value is -1.97. The molecule has 0 spiro atoms. The molecule has 1 aromatic heterocycles. The molecule has 0 aliphatic heterocycles. The number of hydrogen-bond donors (Lipinski definition) is 3. The van der Waals surface area contributed by atoms with Crippen LogP contribution < -0.4 is 15.8 Å². The first-order valence-electron chi connectivity index (χ1n) is 7.18. The Labute approximate surface area is 145 Å². The molecule has 1 aromatic carbocycles. The second-order valence-electron chi connectivity index (χ2n) is 6.30. The maximum absolute atomic E-state index is 12.3. The van der Waals surface area contributed by atoms with Gasteiger partial charge in [0.25, 0.3) is 10.0 Å². The van der Waals surface area contributed by atoms with Crippen LogP contribution in [0.4, 0.5) is 10.8 Å². The minimum atomic E-state index is -3.77. The molecule has 0 aliphatic rings. The lowest BCUT2D eigenvalue weighted by molar-refractivity contribution is -0.119. The summed E-state index contributed by atoms with van der Waals surface area (Å²) >= 11 is 1.18. The fraction of sp³-hybridized carbons (Fsp3) is 0.333. The molecule has 7 nitrogen and oxygen atoms in total. The van der Waals surface area contributed by atoms with Crippen molar-refractivity contribution in [2.24, 2.45) is 11.1 Å². The number of benzene rings is 1. The number of hydrogen-bond acceptors (Lipinski definition) is 6. The van der Waals surface area contributed by atoms with Gasteiger partial charge in [0.1, 0.15) is 0 Å². The number of nitrogens with two attached hydrogens (primary N) is 1. The van der Waals surface area contributed by atoms with E-state index in [9.17, 15) is 13.2 Å². The molecule has 1 amide bonds. The van der Waals surface area contributed by atoms with Crippen molar-refractivity contribution in [2.45, 2.75) is 31.7 Å². The van der Waals surface area contributed by atoms with Crippen LogP contribution in [0.5, 0.6) is 0 Å². The van der Waals surface area contributed by atoms with Crippen molar-refractivity contribution in [3.05, 3.63) is 35.8 Å². The van der Waals surface area contributed by atoms with Gasteiger partial charge in [0.2, 0.25) is 5.91 Å². The second kappa shape index (κ2) is 6.88. The van der Waals surface area contributed by atoms with Gasteiger partial charge in [-0.3, -0.25) is 9.52 Å². The predicted octanol–water partition coefficient (Wildman–Crippen LogP) is 2.26. The summed E-state index contributed by atoms with van der Waals surface area (Å²) in [5, 5.41) is 4.60. The second-order valence-corrected chi connectivity index (χ2v) is 8.88. The highest BCUT2D eigenvalue weighted by Gasteiger charge is 2.27. The van der Waals surface area contributed by atoms with Gasteiger partial charge in [-0.15, -0.1) is 11.3 Å². The zero-order chi connectivity index (χ0) is 18.0.